The van der Waals surface area contributed by atoms with Crippen molar-refractivity contribution in [3.8, 4) is 11.5 Å². The fraction of sp³-hybridized carbons (Fsp3) is 0.429. The fourth-order valence-electron chi connectivity index (χ4n) is 2.03. The zero-order valence-electron chi connectivity index (χ0n) is 11.5. The number of hydrogen-bond donors (Lipinski definition) is 1. The van der Waals surface area contributed by atoms with Gasteiger partial charge in [-0.1, -0.05) is 5.16 Å². The minimum absolute atomic E-state index is 0.420. The summed E-state index contributed by atoms with van der Waals surface area (Å²) < 4.78 is 15.7. The van der Waals surface area contributed by atoms with Gasteiger partial charge in [0.1, 0.15) is 11.5 Å². The molecule has 0 radical (unpaired) electrons. The molecule has 0 aliphatic heterocycles. The second kappa shape index (κ2) is 5.13. The van der Waals surface area contributed by atoms with Crippen LogP contribution in [-0.2, 0) is 0 Å². The largest absolute Gasteiger partial charge is 0.497 e. The summed E-state index contributed by atoms with van der Waals surface area (Å²) in [6.45, 7) is 0. The lowest BCUT2D eigenvalue weighted by Gasteiger charge is -2.11. The maximum absolute atomic E-state index is 6.20. The van der Waals surface area contributed by atoms with Crippen LogP contribution in [0.3, 0.4) is 0 Å². The molecule has 1 unspecified atom stereocenters. The molecule has 0 bridgehead atoms. The highest BCUT2D eigenvalue weighted by molar-refractivity contribution is 5.41. The number of ether oxygens (including phenoxy) is 2. The van der Waals surface area contributed by atoms with E-state index in [0.29, 0.717) is 29.1 Å². The Bertz CT molecular complexity index is 585. The van der Waals surface area contributed by atoms with Crippen molar-refractivity contribution in [1.82, 2.24) is 10.1 Å². The van der Waals surface area contributed by atoms with Crippen molar-refractivity contribution >= 4 is 0 Å². The van der Waals surface area contributed by atoms with Crippen LogP contribution >= 0.6 is 0 Å². The van der Waals surface area contributed by atoms with Crippen molar-refractivity contribution < 1.29 is 14.0 Å². The molecule has 6 heteroatoms. The molecule has 1 saturated carbocycles. The van der Waals surface area contributed by atoms with Gasteiger partial charge in [0.15, 0.2) is 5.82 Å². The van der Waals surface area contributed by atoms with Crippen molar-refractivity contribution in [2.24, 2.45) is 5.73 Å². The molecule has 1 fully saturated rings. The SMILES string of the molecule is COc1cc(OC)cc(C(N)c2noc(C3CC3)n2)c1. The average Bonchev–Trinajstić information content (AvgIpc) is 3.23. The van der Waals surface area contributed by atoms with Gasteiger partial charge in [0.05, 0.1) is 20.3 Å². The molecule has 0 spiro atoms. The monoisotopic (exact) mass is 275 g/mol. The molecule has 0 saturated heterocycles. The predicted octanol–water partition coefficient (Wildman–Crippen LogP) is 2.01. The van der Waals surface area contributed by atoms with E-state index >= 15 is 0 Å². The lowest BCUT2D eigenvalue weighted by Crippen LogP contribution is -2.14. The normalized spacial score (nSPS) is 15.9. The first kappa shape index (κ1) is 12.9. The van der Waals surface area contributed by atoms with Crippen molar-refractivity contribution in [2.45, 2.75) is 24.8 Å². The summed E-state index contributed by atoms with van der Waals surface area (Å²) in [5, 5.41) is 3.97. The van der Waals surface area contributed by atoms with Crippen LogP contribution < -0.4 is 15.2 Å². The molecule has 1 aliphatic carbocycles. The number of hydrogen-bond acceptors (Lipinski definition) is 6. The van der Waals surface area contributed by atoms with Gasteiger partial charge in [-0.3, -0.25) is 0 Å². The Morgan fingerprint density at radius 1 is 1.20 bits per heavy atom. The van der Waals surface area contributed by atoms with Crippen LogP contribution in [0.1, 0.15) is 42.1 Å². The molecule has 0 amide bonds. The van der Waals surface area contributed by atoms with Crippen molar-refractivity contribution in [1.29, 1.82) is 0 Å². The number of benzene rings is 1. The van der Waals surface area contributed by atoms with Gasteiger partial charge in [-0.05, 0) is 30.5 Å². The van der Waals surface area contributed by atoms with Gasteiger partial charge in [0.2, 0.25) is 5.89 Å². The maximum Gasteiger partial charge on any atom is 0.229 e. The van der Waals surface area contributed by atoms with Gasteiger partial charge < -0.3 is 19.7 Å². The van der Waals surface area contributed by atoms with Gasteiger partial charge in [-0.2, -0.15) is 4.98 Å². The minimum atomic E-state index is -0.463. The first-order valence-corrected chi connectivity index (χ1v) is 6.53. The van der Waals surface area contributed by atoms with Gasteiger partial charge in [-0.25, -0.2) is 0 Å². The summed E-state index contributed by atoms with van der Waals surface area (Å²) in [6.07, 6.45) is 2.23. The molecule has 106 valence electrons. The summed E-state index contributed by atoms with van der Waals surface area (Å²) in [4.78, 5) is 4.38. The molecule has 1 aromatic heterocycles. The van der Waals surface area contributed by atoms with Crippen molar-refractivity contribution in [2.75, 3.05) is 14.2 Å². The standard InChI is InChI=1S/C14H17N3O3/c1-18-10-5-9(6-11(7-10)19-2)12(15)13-16-14(20-17-13)8-3-4-8/h5-8,12H,3-4,15H2,1-2H3. The predicted molar refractivity (Wildman–Crippen MR) is 71.8 cm³/mol. The van der Waals surface area contributed by atoms with E-state index in [9.17, 15) is 0 Å². The van der Waals surface area contributed by atoms with Crippen LogP contribution in [0.5, 0.6) is 11.5 Å². The molecule has 6 nitrogen and oxygen atoms in total. The van der Waals surface area contributed by atoms with Gasteiger partial charge in [0, 0.05) is 12.0 Å². The van der Waals surface area contributed by atoms with E-state index in [-0.39, 0.29) is 0 Å². The highest BCUT2D eigenvalue weighted by Gasteiger charge is 2.30. The van der Waals surface area contributed by atoms with E-state index in [2.05, 4.69) is 10.1 Å². The van der Waals surface area contributed by atoms with E-state index in [1.54, 1.807) is 20.3 Å². The van der Waals surface area contributed by atoms with E-state index in [1.165, 1.54) is 0 Å². The Hall–Kier alpha value is -2.08. The molecule has 2 N–H and O–H groups in total. The molecule has 1 atom stereocenters. The number of rotatable bonds is 5. The molecule has 20 heavy (non-hydrogen) atoms. The van der Waals surface area contributed by atoms with Gasteiger partial charge >= 0.3 is 0 Å². The zero-order chi connectivity index (χ0) is 14.1. The molecule has 1 aliphatic rings. The highest BCUT2D eigenvalue weighted by atomic mass is 16.5. The van der Waals surface area contributed by atoms with Gasteiger partial charge in [-0.15, -0.1) is 0 Å². The first-order valence-electron chi connectivity index (χ1n) is 6.53. The number of aromatic nitrogens is 2. The van der Waals surface area contributed by atoms with Crippen molar-refractivity contribution in [3.05, 3.63) is 35.5 Å². The topological polar surface area (TPSA) is 83.4 Å². The Morgan fingerprint density at radius 3 is 2.40 bits per heavy atom. The Labute approximate surface area is 116 Å². The fourth-order valence-corrected chi connectivity index (χ4v) is 2.03. The lowest BCUT2D eigenvalue weighted by molar-refractivity contribution is 0.372. The van der Waals surface area contributed by atoms with E-state index in [0.717, 1.165) is 18.4 Å². The summed E-state index contributed by atoms with van der Waals surface area (Å²) in [7, 11) is 3.20. The van der Waals surface area contributed by atoms with Crippen LogP contribution in [0.25, 0.3) is 0 Å². The molecule has 2 aromatic rings. The Kier molecular flexibility index (Phi) is 3.31. The van der Waals surface area contributed by atoms with Crippen LogP contribution in [0.15, 0.2) is 22.7 Å². The van der Waals surface area contributed by atoms with Crippen LogP contribution in [0.2, 0.25) is 0 Å². The van der Waals surface area contributed by atoms with E-state index < -0.39 is 6.04 Å². The summed E-state index contributed by atoms with van der Waals surface area (Å²) in [5.74, 6) is 2.96. The molecule has 1 heterocycles. The van der Waals surface area contributed by atoms with Crippen LogP contribution in [0.4, 0.5) is 0 Å². The van der Waals surface area contributed by atoms with Crippen molar-refractivity contribution in [3.63, 3.8) is 0 Å². The van der Waals surface area contributed by atoms with E-state index in [1.807, 2.05) is 12.1 Å². The molecule has 3 rings (SSSR count). The number of nitrogens with zero attached hydrogens (tertiary/aromatic N) is 2. The second-order valence-corrected chi connectivity index (χ2v) is 4.89. The number of methoxy groups -OCH3 is 2. The molecular weight excluding hydrogens is 258 g/mol. The Balaban J connectivity index is 1.89. The van der Waals surface area contributed by atoms with Gasteiger partial charge in [0.25, 0.3) is 0 Å². The first-order chi connectivity index (χ1) is 9.71. The maximum atomic E-state index is 6.20. The second-order valence-electron chi connectivity index (χ2n) is 4.89. The third-order valence-electron chi connectivity index (χ3n) is 3.40. The Morgan fingerprint density at radius 2 is 1.85 bits per heavy atom. The third-order valence-corrected chi connectivity index (χ3v) is 3.40. The number of nitrogens with two attached hydrogens (primary N) is 1. The quantitative estimate of drug-likeness (QED) is 0.898. The average molecular weight is 275 g/mol. The smallest absolute Gasteiger partial charge is 0.229 e. The van der Waals surface area contributed by atoms with E-state index in [4.69, 9.17) is 19.7 Å². The van der Waals surface area contributed by atoms with Crippen LogP contribution in [-0.4, -0.2) is 24.4 Å². The summed E-state index contributed by atoms with van der Waals surface area (Å²) in [5.41, 5.74) is 7.02. The molecule has 1 aromatic carbocycles. The third kappa shape index (κ3) is 2.46. The minimum Gasteiger partial charge on any atom is -0.497 e. The van der Waals surface area contributed by atoms with Crippen LogP contribution in [0, 0.1) is 0 Å². The summed E-state index contributed by atoms with van der Waals surface area (Å²) in [6, 6.07) is 5.03. The zero-order valence-corrected chi connectivity index (χ0v) is 11.5. The molecular formula is C14H17N3O3. The highest BCUT2D eigenvalue weighted by Crippen LogP contribution is 2.39. The summed E-state index contributed by atoms with van der Waals surface area (Å²) >= 11 is 0. The lowest BCUT2D eigenvalue weighted by atomic mass is 10.1.